The number of hydrogen-bond acceptors (Lipinski definition) is 5. The topological polar surface area (TPSA) is 119 Å². The monoisotopic (exact) mass is 218 g/mol. The fourth-order valence-electron chi connectivity index (χ4n) is 1.52. The van der Waals surface area contributed by atoms with Gasteiger partial charge in [0, 0.05) is 13.5 Å². The first-order chi connectivity index (χ1) is 6.93. The number of carbonyl (C=O) groups excluding carboxylic acids is 1. The van der Waals surface area contributed by atoms with E-state index in [0.717, 1.165) is 0 Å². The first kappa shape index (κ1) is 11.9. The van der Waals surface area contributed by atoms with Crippen molar-refractivity contribution in [3.05, 3.63) is 0 Å². The number of carboxylic acid groups (broad SMARTS) is 1. The normalized spacial score (nSPS) is 35.9. The summed E-state index contributed by atoms with van der Waals surface area (Å²) >= 11 is 0. The Balaban J connectivity index is 2.64. The number of rotatable bonds is 2. The maximum Gasteiger partial charge on any atom is 0.310 e. The predicted molar refractivity (Wildman–Crippen MR) is 48.7 cm³/mol. The number of amides is 1. The van der Waals surface area contributed by atoms with Gasteiger partial charge in [-0.2, -0.15) is 0 Å². The maximum atomic E-state index is 10.7. The van der Waals surface area contributed by atoms with Gasteiger partial charge in [0.25, 0.3) is 0 Å². The maximum absolute atomic E-state index is 10.7. The van der Waals surface area contributed by atoms with E-state index in [-0.39, 0.29) is 12.5 Å². The zero-order valence-corrected chi connectivity index (χ0v) is 8.17. The molecule has 4 atom stereocenters. The van der Waals surface area contributed by atoms with Crippen LogP contribution in [0.25, 0.3) is 0 Å². The number of hydrogen-bond donors (Lipinski definition) is 5. The molecule has 7 nitrogen and oxygen atoms in total. The van der Waals surface area contributed by atoms with Crippen LogP contribution in [0, 0.1) is 5.92 Å². The third-order valence-corrected chi connectivity index (χ3v) is 2.34. The fraction of sp³-hybridized carbons (Fsp3) is 0.750. The molecule has 0 unspecified atom stereocenters. The van der Waals surface area contributed by atoms with Gasteiger partial charge in [0.2, 0.25) is 5.91 Å². The Hall–Kier alpha value is -1.18. The van der Waals surface area contributed by atoms with Crippen LogP contribution >= 0.6 is 0 Å². The molecule has 5 N–H and O–H groups in total. The molecule has 1 amide bonds. The molecule has 1 aliphatic heterocycles. The molecule has 0 radical (unpaired) electrons. The van der Waals surface area contributed by atoms with E-state index < -0.39 is 30.3 Å². The number of nitrogens with one attached hydrogen (secondary N) is 2. The van der Waals surface area contributed by atoms with Crippen LogP contribution in [0.15, 0.2) is 0 Å². The van der Waals surface area contributed by atoms with Crippen molar-refractivity contribution in [2.75, 3.05) is 6.54 Å². The van der Waals surface area contributed by atoms with Gasteiger partial charge in [0.05, 0.1) is 12.0 Å². The zero-order valence-electron chi connectivity index (χ0n) is 8.17. The van der Waals surface area contributed by atoms with Gasteiger partial charge >= 0.3 is 5.97 Å². The lowest BCUT2D eigenvalue weighted by Gasteiger charge is -2.36. The second-order valence-corrected chi connectivity index (χ2v) is 3.51. The second-order valence-electron chi connectivity index (χ2n) is 3.51. The molecule has 15 heavy (non-hydrogen) atoms. The van der Waals surface area contributed by atoms with Crippen molar-refractivity contribution >= 4 is 11.9 Å². The Bertz CT molecular complexity index is 268. The predicted octanol–water partition coefficient (Wildman–Crippen LogP) is -2.53. The molecule has 1 saturated heterocycles. The smallest absolute Gasteiger partial charge is 0.310 e. The molecule has 7 heteroatoms. The molecule has 0 bridgehead atoms. The van der Waals surface area contributed by atoms with Crippen LogP contribution in [0.3, 0.4) is 0 Å². The lowest BCUT2D eigenvalue weighted by Crippen LogP contribution is -2.64. The van der Waals surface area contributed by atoms with Crippen LogP contribution in [-0.2, 0) is 9.59 Å². The zero-order chi connectivity index (χ0) is 11.6. The van der Waals surface area contributed by atoms with Gasteiger partial charge in [0.1, 0.15) is 12.3 Å². The largest absolute Gasteiger partial charge is 0.481 e. The Morgan fingerprint density at radius 3 is 2.40 bits per heavy atom. The van der Waals surface area contributed by atoms with Crippen molar-refractivity contribution in [3.8, 4) is 0 Å². The molecule has 0 saturated carbocycles. The van der Waals surface area contributed by atoms with Gasteiger partial charge in [-0.15, -0.1) is 0 Å². The Labute approximate surface area is 86.1 Å². The summed E-state index contributed by atoms with van der Waals surface area (Å²) in [4.78, 5) is 21.4. The minimum absolute atomic E-state index is 0.00148. The van der Waals surface area contributed by atoms with Crippen molar-refractivity contribution in [2.24, 2.45) is 5.92 Å². The van der Waals surface area contributed by atoms with Crippen molar-refractivity contribution in [3.63, 3.8) is 0 Å². The van der Waals surface area contributed by atoms with Crippen LogP contribution in [0.2, 0.25) is 0 Å². The third kappa shape index (κ3) is 2.65. The van der Waals surface area contributed by atoms with E-state index in [0.29, 0.717) is 0 Å². The van der Waals surface area contributed by atoms with Gasteiger partial charge in [0.15, 0.2) is 0 Å². The van der Waals surface area contributed by atoms with E-state index in [1.165, 1.54) is 6.92 Å². The van der Waals surface area contributed by atoms with Crippen molar-refractivity contribution in [1.82, 2.24) is 10.6 Å². The third-order valence-electron chi connectivity index (χ3n) is 2.34. The summed E-state index contributed by atoms with van der Waals surface area (Å²) in [6.45, 7) is 1.27. The summed E-state index contributed by atoms with van der Waals surface area (Å²) in [5.41, 5.74) is 0. The van der Waals surface area contributed by atoms with E-state index >= 15 is 0 Å². The Morgan fingerprint density at radius 1 is 1.33 bits per heavy atom. The van der Waals surface area contributed by atoms with Crippen molar-refractivity contribution in [1.29, 1.82) is 0 Å². The molecule has 1 aliphatic rings. The number of aliphatic hydroxyl groups excluding tert-OH is 2. The van der Waals surface area contributed by atoms with E-state index in [2.05, 4.69) is 10.6 Å². The molecule has 0 aliphatic carbocycles. The summed E-state index contributed by atoms with van der Waals surface area (Å²) in [6, 6.07) is 0. The molecule has 0 aromatic rings. The highest BCUT2D eigenvalue weighted by molar-refractivity contribution is 5.74. The van der Waals surface area contributed by atoms with Crippen LogP contribution in [-0.4, -0.2) is 52.1 Å². The number of aliphatic hydroxyl groups is 2. The van der Waals surface area contributed by atoms with E-state index in [9.17, 15) is 19.8 Å². The van der Waals surface area contributed by atoms with Gasteiger partial charge in [-0.1, -0.05) is 0 Å². The molecule has 86 valence electrons. The van der Waals surface area contributed by atoms with Crippen molar-refractivity contribution < 1.29 is 24.9 Å². The van der Waals surface area contributed by atoms with E-state index in [1.807, 2.05) is 0 Å². The molecule has 0 aromatic carbocycles. The summed E-state index contributed by atoms with van der Waals surface area (Å²) in [7, 11) is 0. The summed E-state index contributed by atoms with van der Waals surface area (Å²) in [5, 5.41) is 32.7. The lowest BCUT2D eigenvalue weighted by molar-refractivity contribution is -0.153. The van der Waals surface area contributed by atoms with Gasteiger partial charge in [-0.05, 0) is 0 Å². The minimum Gasteiger partial charge on any atom is -0.481 e. The molecular formula is C8H14N2O5. The summed E-state index contributed by atoms with van der Waals surface area (Å²) in [5.74, 6) is -2.62. The van der Waals surface area contributed by atoms with Crippen LogP contribution in [0.1, 0.15) is 6.92 Å². The van der Waals surface area contributed by atoms with Gasteiger partial charge in [-0.25, -0.2) is 0 Å². The Kier molecular flexibility index (Phi) is 3.61. The molecule has 0 spiro atoms. The average Bonchev–Trinajstić information content (AvgIpc) is 2.12. The average molecular weight is 218 g/mol. The van der Waals surface area contributed by atoms with Crippen molar-refractivity contribution in [2.45, 2.75) is 25.3 Å². The summed E-state index contributed by atoms with van der Waals surface area (Å²) < 4.78 is 0. The quantitative estimate of drug-likeness (QED) is 0.349. The highest BCUT2D eigenvalue weighted by Crippen LogP contribution is 2.15. The number of aliphatic carboxylic acids is 1. The van der Waals surface area contributed by atoms with Crippen LogP contribution < -0.4 is 10.6 Å². The standard InChI is InChI=1S/C8H14N2O5/c1-3(11)10-7-6(13)5(12)4(2-9-7)8(14)15/h4-7,9,12-13H,2H2,1H3,(H,10,11)(H,14,15)/t4-,5+,6+,7+/m1/s1. The van der Waals surface area contributed by atoms with Crippen LogP contribution in [0.5, 0.6) is 0 Å². The number of piperidine rings is 1. The first-order valence-electron chi connectivity index (χ1n) is 4.53. The molecular weight excluding hydrogens is 204 g/mol. The van der Waals surface area contributed by atoms with Gasteiger partial charge in [-0.3, -0.25) is 14.9 Å². The number of carboxylic acids is 1. The van der Waals surface area contributed by atoms with E-state index in [1.54, 1.807) is 0 Å². The second kappa shape index (κ2) is 4.56. The SMILES string of the molecule is CC(=O)N[C@@H]1NC[C@@H](C(=O)O)[C@H](O)[C@@H]1O. The molecule has 0 aromatic heterocycles. The molecule has 1 heterocycles. The highest BCUT2D eigenvalue weighted by Gasteiger charge is 2.41. The Morgan fingerprint density at radius 2 is 1.93 bits per heavy atom. The fourth-order valence-corrected chi connectivity index (χ4v) is 1.52. The molecule has 1 fully saturated rings. The number of carbonyl (C=O) groups is 2. The lowest BCUT2D eigenvalue weighted by atomic mass is 9.92. The highest BCUT2D eigenvalue weighted by atomic mass is 16.4. The molecule has 1 rings (SSSR count). The van der Waals surface area contributed by atoms with E-state index in [4.69, 9.17) is 5.11 Å². The summed E-state index contributed by atoms with van der Waals surface area (Å²) in [6.07, 6.45) is -3.53. The van der Waals surface area contributed by atoms with Gasteiger partial charge < -0.3 is 20.6 Å². The first-order valence-corrected chi connectivity index (χ1v) is 4.53. The minimum atomic E-state index is -1.39. The van der Waals surface area contributed by atoms with Crippen LogP contribution in [0.4, 0.5) is 0 Å².